The number of hydrazine groups is 2. The van der Waals surface area contributed by atoms with Crippen LogP contribution < -0.4 is 21.7 Å². The first kappa shape index (κ1) is 20.4. The lowest BCUT2D eigenvalue weighted by molar-refractivity contribution is -0.383. The number of carbonyl (C=O) groups is 2. The highest BCUT2D eigenvalue weighted by Crippen LogP contribution is 2.27. The van der Waals surface area contributed by atoms with Gasteiger partial charge in [-0.25, -0.2) is 9.97 Å². The number of nitrogens with one attached hydrogen (secondary N) is 4. The van der Waals surface area contributed by atoms with Gasteiger partial charge >= 0.3 is 5.69 Å². The van der Waals surface area contributed by atoms with Gasteiger partial charge in [-0.2, -0.15) is 0 Å². The van der Waals surface area contributed by atoms with Crippen LogP contribution in [-0.2, 0) is 0 Å². The number of benzene rings is 1. The molecule has 3 aromatic rings. The van der Waals surface area contributed by atoms with Crippen LogP contribution in [0.2, 0.25) is 5.02 Å². The predicted octanol–water partition coefficient (Wildman–Crippen LogP) is 1.95. The number of carbonyl (C=O) groups excluding carboxylic acids is 2. The van der Waals surface area contributed by atoms with E-state index in [0.717, 1.165) is 6.33 Å². The smallest absolute Gasteiger partial charge is 0.276 e. The summed E-state index contributed by atoms with van der Waals surface area (Å²) in [6.07, 6.45) is 3.86. The van der Waals surface area contributed by atoms with Crippen molar-refractivity contribution in [1.82, 2.24) is 25.8 Å². The maximum absolute atomic E-state index is 12.2. The van der Waals surface area contributed by atoms with Gasteiger partial charge in [0.2, 0.25) is 11.6 Å². The molecular formula is C17H13ClN8O4. The third kappa shape index (κ3) is 4.94. The Morgan fingerprint density at radius 2 is 1.53 bits per heavy atom. The van der Waals surface area contributed by atoms with Gasteiger partial charge in [-0.1, -0.05) is 17.7 Å². The van der Waals surface area contributed by atoms with Crippen LogP contribution in [0.5, 0.6) is 0 Å². The lowest BCUT2D eigenvalue weighted by Gasteiger charge is -2.11. The van der Waals surface area contributed by atoms with Crippen molar-refractivity contribution < 1.29 is 14.5 Å². The van der Waals surface area contributed by atoms with E-state index in [1.165, 1.54) is 36.7 Å². The lowest BCUT2D eigenvalue weighted by Crippen LogP contribution is -2.32. The molecule has 0 bridgehead atoms. The SMILES string of the molecule is O=C(NNc1ncnc(NNC(=O)c2cccc(Cl)c2)c1[N+](=O)[O-])c1ccncc1. The van der Waals surface area contributed by atoms with E-state index in [4.69, 9.17) is 11.6 Å². The van der Waals surface area contributed by atoms with Gasteiger partial charge in [-0.05, 0) is 30.3 Å². The Morgan fingerprint density at radius 1 is 0.933 bits per heavy atom. The Labute approximate surface area is 173 Å². The van der Waals surface area contributed by atoms with Gasteiger partial charge in [-0.3, -0.25) is 46.4 Å². The summed E-state index contributed by atoms with van der Waals surface area (Å²) in [5, 5.41) is 11.9. The first-order chi connectivity index (χ1) is 14.5. The van der Waals surface area contributed by atoms with Crippen LogP contribution in [0.25, 0.3) is 0 Å². The van der Waals surface area contributed by atoms with E-state index in [0.29, 0.717) is 5.02 Å². The van der Waals surface area contributed by atoms with Crippen molar-refractivity contribution in [2.24, 2.45) is 0 Å². The first-order valence-corrected chi connectivity index (χ1v) is 8.61. The maximum Gasteiger partial charge on any atom is 0.356 e. The number of nitrogens with zero attached hydrogens (tertiary/aromatic N) is 4. The summed E-state index contributed by atoms with van der Waals surface area (Å²) in [5.41, 5.74) is 9.25. The molecule has 0 aliphatic carbocycles. The van der Waals surface area contributed by atoms with Crippen LogP contribution in [0.1, 0.15) is 20.7 Å². The molecule has 0 aliphatic heterocycles. The van der Waals surface area contributed by atoms with E-state index in [1.54, 1.807) is 12.1 Å². The minimum absolute atomic E-state index is 0.231. The Morgan fingerprint density at radius 3 is 2.10 bits per heavy atom. The van der Waals surface area contributed by atoms with Crippen molar-refractivity contribution in [3.63, 3.8) is 0 Å². The second kappa shape index (κ2) is 9.25. The fraction of sp³-hybridized carbons (Fsp3) is 0. The third-order valence-electron chi connectivity index (χ3n) is 3.62. The van der Waals surface area contributed by atoms with E-state index in [9.17, 15) is 19.7 Å². The minimum atomic E-state index is -0.769. The average molecular weight is 429 g/mol. The number of amides is 2. The molecule has 0 saturated heterocycles. The summed E-state index contributed by atoms with van der Waals surface area (Å²) < 4.78 is 0. The highest BCUT2D eigenvalue weighted by Gasteiger charge is 2.24. The van der Waals surface area contributed by atoms with Gasteiger partial charge in [0.25, 0.3) is 11.8 Å². The van der Waals surface area contributed by atoms with E-state index in [1.807, 2.05) is 0 Å². The summed E-state index contributed by atoms with van der Waals surface area (Å²) >= 11 is 5.84. The molecule has 0 unspecified atom stereocenters. The Hall–Kier alpha value is -4.32. The Balaban J connectivity index is 1.73. The highest BCUT2D eigenvalue weighted by molar-refractivity contribution is 6.30. The van der Waals surface area contributed by atoms with Crippen molar-refractivity contribution in [3.8, 4) is 0 Å². The van der Waals surface area contributed by atoms with Crippen molar-refractivity contribution in [2.45, 2.75) is 0 Å². The number of hydrogen-bond donors (Lipinski definition) is 4. The van der Waals surface area contributed by atoms with Crippen LogP contribution in [0.4, 0.5) is 17.3 Å². The molecule has 0 fully saturated rings. The molecule has 0 saturated carbocycles. The highest BCUT2D eigenvalue weighted by atomic mass is 35.5. The van der Waals surface area contributed by atoms with Gasteiger partial charge in [0.1, 0.15) is 6.33 Å². The van der Waals surface area contributed by atoms with Crippen molar-refractivity contribution in [2.75, 3.05) is 10.9 Å². The van der Waals surface area contributed by atoms with Gasteiger partial charge in [0.15, 0.2) is 0 Å². The molecule has 0 radical (unpaired) electrons. The van der Waals surface area contributed by atoms with Gasteiger partial charge < -0.3 is 0 Å². The zero-order chi connectivity index (χ0) is 21.5. The van der Waals surface area contributed by atoms with Crippen LogP contribution in [-0.4, -0.2) is 31.7 Å². The zero-order valence-electron chi connectivity index (χ0n) is 15.0. The molecule has 3 rings (SSSR count). The summed E-state index contributed by atoms with van der Waals surface area (Å²) in [5.74, 6) is -1.75. The van der Waals surface area contributed by atoms with E-state index in [2.05, 4.69) is 36.7 Å². The van der Waals surface area contributed by atoms with Crippen LogP contribution in [0.3, 0.4) is 0 Å². The fourth-order valence-corrected chi connectivity index (χ4v) is 2.43. The molecule has 1 aromatic carbocycles. The number of anilines is 2. The summed E-state index contributed by atoms with van der Waals surface area (Å²) in [6.45, 7) is 0. The van der Waals surface area contributed by atoms with E-state index in [-0.39, 0.29) is 22.8 Å². The molecule has 0 aliphatic rings. The molecule has 4 N–H and O–H groups in total. The molecule has 30 heavy (non-hydrogen) atoms. The molecule has 2 amide bonds. The van der Waals surface area contributed by atoms with Crippen LogP contribution in [0.15, 0.2) is 55.1 Å². The monoisotopic (exact) mass is 428 g/mol. The lowest BCUT2D eigenvalue weighted by atomic mass is 10.2. The van der Waals surface area contributed by atoms with Gasteiger partial charge in [0.05, 0.1) is 4.92 Å². The number of nitro groups is 1. The molecule has 13 heteroatoms. The molecule has 2 aromatic heterocycles. The predicted molar refractivity (Wildman–Crippen MR) is 107 cm³/mol. The van der Waals surface area contributed by atoms with Crippen molar-refractivity contribution >= 4 is 40.7 Å². The fourth-order valence-electron chi connectivity index (χ4n) is 2.24. The quantitative estimate of drug-likeness (QED) is 0.325. The average Bonchev–Trinajstić information content (AvgIpc) is 2.76. The Bertz CT molecular complexity index is 1100. The summed E-state index contributed by atoms with van der Waals surface area (Å²) in [7, 11) is 0. The number of halogens is 1. The number of pyridine rings is 1. The largest absolute Gasteiger partial charge is 0.356 e. The Kier molecular flexibility index (Phi) is 6.29. The van der Waals surface area contributed by atoms with Gasteiger partial charge in [0, 0.05) is 28.5 Å². The summed E-state index contributed by atoms with van der Waals surface area (Å²) in [4.78, 5) is 46.3. The van der Waals surface area contributed by atoms with E-state index >= 15 is 0 Å². The van der Waals surface area contributed by atoms with E-state index < -0.39 is 22.4 Å². The second-order valence-corrected chi connectivity index (χ2v) is 6.02. The second-order valence-electron chi connectivity index (χ2n) is 5.58. The normalized spacial score (nSPS) is 10.0. The zero-order valence-corrected chi connectivity index (χ0v) is 15.8. The maximum atomic E-state index is 12.2. The minimum Gasteiger partial charge on any atom is -0.276 e. The molecule has 0 atom stereocenters. The first-order valence-electron chi connectivity index (χ1n) is 8.23. The molecule has 12 nitrogen and oxygen atoms in total. The van der Waals surface area contributed by atoms with Crippen molar-refractivity contribution in [1.29, 1.82) is 0 Å². The van der Waals surface area contributed by atoms with Crippen LogP contribution in [0, 0.1) is 10.1 Å². The topological polar surface area (TPSA) is 164 Å². The molecule has 0 spiro atoms. The van der Waals surface area contributed by atoms with Crippen LogP contribution >= 0.6 is 11.6 Å². The molecule has 152 valence electrons. The molecular weight excluding hydrogens is 416 g/mol. The number of aromatic nitrogens is 3. The molecule has 2 heterocycles. The third-order valence-corrected chi connectivity index (χ3v) is 3.86. The standard InChI is InChI=1S/C17H13ClN8O4/c18-12-3-1-2-11(8-12)17(28)25-23-15-13(26(29)30)14(20-9-21-15)22-24-16(27)10-4-6-19-7-5-10/h1-9H,(H,24,27)(H,25,28)(H2,20,21,22,23). The van der Waals surface area contributed by atoms with Crippen molar-refractivity contribution in [3.05, 3.63) is 81.4 Å². The summed E-state index contributed by atoms with van der Waals surface area (Å²) in [6, 6.07) is 9.04. The number of rotatable bonds is 7. The van der Waals surface area contributed by atoms with Gasteiger partial charge in [-0.15, -0.1) is 0 Å². The number of hydrogen-bond acceptors (Lipinski definition) is 9.